The first kappa shape index (κ1) is 16.5. The van der Waals surface area contributed by atoms with Gasteiger partial charge in [0.15, 0.2) is 0 Å². The second-order valence-electron chi connectivity index (χ2n) is 6.64. The molecule has 0 atom stereocenters. The number of fused-ring (bicyclic) bond motifs is 1. The number of halogens is 1. The van der Waals surface area contributed by atoms with Crippen molar-refractivity contribution in [3.8, 4) is 5.69 Å². The lowest BCUT2D eigenvalue weighted by Crippen LogP contribution is -2.30. The van der Waals surface area contributed by atoms with Crippen LogP contribution in [0.5, 0.6) is 0 Å². The molecule has 0 saturated heterocycles. The van der Waals surface area contributed by atoms with E-state index < -0.39 is 0 Å². The summed E-state index contributed by atoms with van der Waals surface area (Å²) in [4.78, 5) is 14.8. The number of para-hydroxylation sites is 1. The molecule has 1 amide bonds. The molecule has 0 fully saturated rings. The predicted molar refractivity (Wildman–Crippen MR) is 99.2 cm³/mol. The molecule has 0 aliphatic carbocycles. The standard InChI is InChI=1S/C21H20FN3O/c1-14-19(15(2)25(23-14)18-9-7-17(22)8-10-18)13-21(26)24-12-11-16-5-3-4-6-20(16)24/h3-10H,11-13H2,1-2H3. The highest BCUT2D eigenvalue weighted by atomic mass is 19.1. The van der Waals surface area contributed by atoms with Crippen LogP contribution >= 0.6 is 0 Å². The molecule has 26 heavy (non-hydrogen) atoms. The number of nitrogens with zero attached hydrogens (tertiary/aromatic N) is 3. The van der Waals surface area contributed by atoms with E-state index in [4.69, 9.17) is 0 Å². The monoisotopic (exact) mass is 349 g/mol. The highest BCUT2D eigenvalue weighted by molar-refractivity contribution is 5.96. The molecule has 4 nitrogen and oxygen atoms in total. The number of aryl methyl sites for hydroxylation is 1. The molecule has 132 valence electrons. The number of carbonyl (C=O) groups excluding carboxylic acids is 1. The van der Waals surface area contributed by atoms with E-state index >= 15 is 0 Å². The van der Waals surface area contributed by atoms with Gasteiger partial charge in [0.05, 0.1) is 17.8 Å². The van der Waals surface area contributed by atoms with Crippen LogP contribution < -0.4 is 4.90 Å². The number of hydrogen-bond acceptors (Lipinski definition) is 2. The van der Waals surface area contributed by atoms with Crippen LogP contribution in [0.2, 0.25) is 0 Å². The van der Waals surface area contributed by atoms with Gasteiger partial charge >= 0.3 is 0 Å². The second kappa shape index (κ2) is 6.41. The van der Waals surface area contributed by atoms with Gasteiger partial charge in [-0.25, -0.2) is 9.07 Å². The van der Waals surface area contributed by atoms with Gasteiger partial charge in [0.2, 0.25) is 5.91 Å². The third-order valence-corrected chi connectivity index (χ3v) is 5.03. The Morgan fingerprint density at radius 2 is 1.85 bits per heavy atom. The lowest BCUT2D eigenvalue weighted by atomic mass is 10.1. The number of anilines is 1. The molecule has 1 aliphatic heterocycles. The van der Waals surface area contributed by atoms with Crippen LogP contribution in [-0.4, -0.2) is 22.2 Å². The minimum absolute atomic E-state index is 0.0832. The van der Waals surface area contributed by atoms with Gasteiger partial charge in [0.1, 0.15) is 5.82 Å². The molecule has 0 bridgehead atoms. The van der Waals surface area contributed by atoms with Crippen LogP contribution in [0.4, 0.5) is 10.1 Å². The summed E-state index contributed by atoms with van der Waals surface area (Å²) in [6.07, 6.45) is 1.21. The number of rotatable bonds is 3. The van der Waals surface area contributed by atoms with Crippen LogP contribution in [0.1, 0.15) is 22.5 Å². The number of carbonyl (C=O) groups is 1. The van der Waals surface area contributed by atoms with Crippen molar-refractivity contribution in [2.75, 3.05) is 11.4 Å². The van der Waals surface area contributed by atoms with Gasteiger partial charge in [0.25, 0.3) is 0 Å². The Bertz CT molecular complexity index is 975. The Kier molecular flexibility index (Phi) is 4.07. The zero-order valence-corrected chi connectivity index (χ0v) is 14.9. The predicted octanol–water partition coefficient (Wildman–Crippen LogP) is 3.76. The van der Waals surface area contributed by atoms with E-state index in [9.17, 15) is 9.18 Å². The van der Waals surface area contributed by atoms with Gasteiger partial charge in [-0.2, -0.15) is 5.10 Å². The molecular weight excluding hydrogens is 329 g/mol. The maximum atomic E-state index is 13.2. The van der Waals surface area contributed by atoms with Crippen molar-refractivity contribution in [1.82, 2.24) is 9.78 Å². The molecule has 0 saturated carbocycles. The summed E-state index contributed by atoms with van der Waals surface area (Å²) in [6, 6.07) is 14.3. The maximum absolute atomic E-state index is 13.2. The minimum atomic E-state index is -0.279. The van der Waals surface area contributed by atoms with E-state index in [1.165, 1.54) is 17.7 Å². The molecule has 5 heteroatoms. The highest BCUT2D eigenvalue weighted by Crippen LogP contribution is 2.28. The van der Waals surface area contributed by atoms with Crippen LogP contribution in [-0.2, 0) is 17.6 Å². The first-order valence-electron chi connectivity index (χ1n) is 8.74. The van der Waals surface area contributed by atoms with Gasteiger partial charge in [-0.15, -0.1) is 0 Å². The summed E-state index contributed by atoms with van der Waals surface area (Å²) in [5.74, 6) is -0.196. The molecule has 1 aromatic heterocycles. The quantitative estimate of drug-likeness (QED) is 0.722. The second-order valence-corrected chi connectivity index (χ2v) is 6.64. The molecule has 0 spiro atoms. The summed E-state index contributed by atoms with van der Waals surface area (Å²) >= 11 is 0. The third-order valence-electron chi connectivity index (χ3n) is 5.03. The summed E-state index contributed by atoms with van der Waals surface area (Å²) < 4.78 is 14.9. The van der Waals surface area contributed by atoms with E-state index in [2.05, 4.69) is 11.2 Å². The van der Waals surface area contributed by atoms with Crippen molar-refractivity contribution in [3.05, 3.63) is 76.9 Å². The number of hydrogen-bond donors (Lipinski definition) is 0. The van der Waals surface area contributed by atoms with Crippen molar-refractivity contribution in [2.24, 2.45) is 0 Å². The number of aromatic nitrogens is 2. The van der Waals surface area contributed by atoms with Crippen molar-refractivity contribution < 1.29 is 9.18 Å². The zero-order valence-electron chi connectivity index (χ0n) is 14.9. The van der Waals surface area contributed by atoms with E-state index in [1.54, 1.807) is 16.8 Å². The molecule has 2 heterocycles. The van der Waals surface area contributed by atoms with Gasteiger partial charge in [-0.05, 0) is 56.2 Å². The maximum Gasteiger partial charge on any atom is 0.231 e. The molecule has 3 aromatic rings. The van der Waals surface area contributed by atoms with Crippen LogP contribution in [0.3, 0.4) is 0 Å². The van der Waals surface area contributed by atoms with Gasteiger partial charge in [-0.3, -0.25) is 4.79 Å². The topological polar surface area (TPSA) is 38.1 Å². The molecular formula is C21H20FN3O. The Hall–Kier alpha value is -2.95. The molecule has 4 rings (SSSR count). The SMILES string of the molecule is Cc1nn(-c2ccc(F)cc2)c(C)c1CC(=O)N1CCc2ccccc21. The fourth-order valence-corrected chi connectivity index (χ4v) is 3.61. The molecule has 0 N–H and O–H groups in total. The Morgan fingerprint density at radius 3 is 2.62 bits per heavy atom. The summed E-state index contributed by atoms with van der Waals surface area (Å²) in [7, 11) is 0. The van der Waals surface area contributed by atoms with Gasteiger partial charge in [-0.1, -0.05) is 18.2 Å². The fourth-order valence-electron chi connectivity index (χ4n) is 3.61. The smallest absolute Gasteiger partial charge is 0.231 e. The summed E-state index contributed by atoms with van der Waals surface area (Å²) in [5, 5.41) is 4.56. The van der Waals surface area contributed by atoms with Gasteiger partial charge in [0, 0.05) is 23.5 Å². The van der Waals surface area contributed by atoms with E-state index in [-0.39, 0.29) is 11.7 Å². The normalized spacial score (nSPS) is 13.1. The van der Waals surface area contributed by atoms with Crippen LogP contribution in [0, 0.1) is 19.7 Å². The van der Waals surface area contributed by atoms with Crippen LogP contribution in [0.25, 0.3) is 5.69 Å². The first-order chi connectivity index (χ1) is 12.5. The lowest BCUT2D eigenvalue weighted by molar-refractivity contribution is -0.117. The van der Waals surface area contributed by atoms with Crippen LogP contribution in [0.15, 0.2) is 48.5 Å². The summed E-state index contributed by atoms with van der Waals surface area (Å²) in [6.45, 7) is 4.58. The van der Waals surface area contributed by atoms with Gasteiger partial charge < -0.3 is 4.90 Å². The minimum Gasteiger partial charge on any atom is -0.312 e. The molecule has 2 aromatic carbocycles. The lowest BCUT2D eigenvalue weighted by Gasteiger charge is -2.17. The number of amides is 1. The van der Waals surface area contributed by atoms with E-state index in [0.29, 0.717) is 6.42 Å². The highest BCUT2D eigenvalue weighted by Gasteiger charge is 2.26. The largest absolute Gasteiger partial charge is 0.312 e. The van der Waals surface area contributed by atoms with E-state index in [0.717, 1.165) is 41.3 Å². The Balaban J connectivity index is 1.61. The van der Waals surface area contributed by atoms with Crippen molar-refractivity contribution in [2.45, 2.75) is 26.7 Å². The fraction of sp³-hybridized carbons (Fsp3) is 0.238. The summed E-state index contributed by atoms with van der Waals surface area (Å²) in [5.41, 5.74) is 5.69. The average Bonchev–Trinajstić information content (AvgIpc) is 3.19. The Labute approximate surface area is 151 Å². The zero-order chi connectivity index (χ0) is 18.3. The Morgan fingerprint density at radius 1 is 1.12 bits per heavy atom. The molecule has 1 aliphatic rings. The average molecular weight is 349 g/mol. The van der Waals surface area contributed by atoms with Crippen molar-refractivity contribution in [3.63, 3.8) is 0 Å². The third kappa shape index (κ3) is 2.79. The number of benzene rings is 2. The van der Waals surface area contributed by atoms with Crippen molar-refractivity contribution >= 4 is 11.6 Å². The first-order valence-corrected chi connectivity index (χ1v) is 8.74. The van der Waals surface area contributed by atoms with E-state index in [1.807, 2.05) is 36.9 Å². The molecule has 0 unspecified atom stereocenters. The van der Waals surface area contributed by atoms with Crippen molar-refractivity contribution in [1.29, 1.82) is 0 Å². The molecule has 0 radical (unpaired) electrons.